The molecule has 1 aliphatic carbocycles. The molecule has 0 saturated heterocycles. The van der Waals surface area contributed by atoms with Gasteiger partial charge in [-0.25, -0.2) is 0 Å². The van der Waals surface area contributed by atoms with E-state index in [-0.39, 0.29) is 11.0 Å². The van der Waals surface area contributed by atoms with Crippen LogP contribution in [0.1, 0.15) is 64.5 Å². The Morgan fingerprint density at radius 3 is 2.63 bits per heavy atom. The Balaban J connectivity index is 2.41. The number of aryl methyl sites for hydroxylation is 1. The molecule has 0 aliphatic heterocycles. The number of nitrogens with two attached hydrogens (primary N) is 1. The molecule has 0 heterocycles. The van der Waals surface area contributed by atoms with Gasteiger partial charge in [0.2, 0.25) is 0 Å². The first-order valence-electron chi connectivity index (χ1n) is 7.76. The van der Waals surface area contributed by atoms with Crippen molar-refractivity contribution in [2.24, 2.45) is 17.1 Å². The van der Waals surface area contributed by atoms with Gasteiger partial charge < -0.3 is 5.73 Å². The minimum absolute atomic E-state index is 0.137. The maximum absolute atomic E-state index is 6.93. The largest absolute Gasteiger partial charge is 0.321 e. The predicted molar refractivity (Wildman–Crippen MR) is 83.1 cm³/mol. The Labute approximate surface area is 118 Å². The van der Waals surface area contributed by atoms with Crippen LogP contribution >= 0.6 is 0 Å². The van der Waals surface area contributed by atoms with Crippen LogP contribution < -0.4 is 5.73 Å². The number of hydrogen-bond donors (Lipinski definition) is 1. The molecule has 106 valence electrons. The van der Waals surface area contributed by atoms with Crippen LogP contribution in [0.4, 0.5) is 0 Å². The fourth-order valence-corrected chi connectivity index (χ4v) is 3.83. The molecule has 1 aromatic rings. The lowest BCUT2D eigenvalue weighted by Gasteiger charge is -2.48. The molecule has 2 rings (SSSR count). The average Bonchev–Trinajstić information content (AvgIpc) is 2.38. The molecule has 2 unspecified atom stereocenters. The zero-order chi connectivity index (χ0) is 14.1. The Hall–Kier alpha value is -0.820. The number of benzene rings is 1. The summed E-state index contributed by atoms with van der Waals surface area (Å²) in [7, 11) is 0. The van der Waals surface area contributed by atoms with Crippen molar-refractivity contribution in [3.8, 4) is 0 Å². The summed E-state index contributed by atoms with van der Waals surface area (Å²) >= 11 is 0. The predicted octanol–water partition coefficient (Wildman–Crippen LogP) is 4.64. The van der Waals surface area contributed by atoms with E-state index in [1.165, 1.54) is 30.4 Å². The molecule has 1 nitrogen and oxygen atoms in total. The Kier molecular flexibility index (Phi) is 4.06. The highest BCUT2D eigenvalue weighted by atomic mass is 14.8. The molecule has 2 N–H and O–H groups in total. The summed E-state index contributed by atoms with van der Waals surface area (Å²) in [5, 5.41) is 0. The number of rotatable bonds is 2. The minimum Gasteiger partial charge on any atom is -0.321 e. The van der Waals surface area contributed by atoms with Crippen molar-refractivity contribution < 1.29 is 0 Å². The van der Waals surface area contributed by atoms with Crippen molar-refractivity contribution in [2.45, 2.75) is 65.3 Å². The van der Waals surface area contributed by atoms with Gasteiger partial charge in [-0.1, -0.05) is 64.8 Å². The normalized spacial score (nSPS) is 28.4. The Bertz CT molecular complexity index is 430. The molecule has 0 aromatic heterocycles. The van der Waals surface area contributed by atoms with Gasteiger partial charge >= 0.3 is 0 Å². The van der Waals surface area contributed by atoms with Crippen molar-refractivity contribution >= 4 is 0 Å². The molecular weight excluding hydrogens is 230 g/mol. The third-order valence-electron chi connectivity index (χ3n) is 4.87. The first-order valence-corrected chi connectivity index (χ1v) is 7.76. The lowest BCUT2D eigenvalue weighted by atomic mass is 9.60. The van der Waals surface area contributed by atoms with Crippen molar-refractivity contribution in [3.63, 3.8) is 0 Å². The van der Waals surface area contributed by atoms with E-state index < -0.39 is 0 Å². The Morgan fingerprint density at radius 1 is 1.26 bits per heavy atom. The highest BCUT2D eigenvalue weighted by Gasteiger charge is 2.44. The molecule has 19 heavy (non-hydrogen) atoms. The summed E-state index contributed by atoms with van der Waals surface area (Å²) in [5.41, 5.74) is 9.83. The maximum atomic E-state index is 6.93. The second kappa shape index (κ2) is 5.28. The molecule has 2 atom stereocenters. The van der Waals surface area contributed by atoms with E-state index in [4.69, 9.17) is 5.73 Å². The van der Waals surface area contributed by atoms with E-state index in [2.05, 4.69) is 52.0 Å². The zero-order valence-corrected chi connectivity index (χ0v) is 13.0. The van der Waals surface area contributed by atoms with Crippen LogP contribution in [-0.4, -0.2) is 0 Å². The quantitative estimate of drug-likeness (QED) is 0.822. The monoisotopic (exact) mass is 259 g/mol. The zero-order valence-electron chi connectivity index (χ0n) is 13.0. The van der Waals surface area contributed by atoms with Crippen LogP contribution in [0.5, 0.6) is 0 Å². The van der Waals surface area contributed by atoms with Gasteiger partial charge in [0.05, 0.1) is 0 Å². The van der Waals surface area contributed by atoms with E-state index in [1.807, 2.05) is 0 Å². The summed E-state index contributed by atoms with van der Waals surface area (Å²) in [6, 6.07) is 8.96. The van der Waals surface area contributed by atoms with Gasteiger partial charge in [-0.2, -0.15) is 0 Å². The minimum atomic E-state index is -0.137. The molecule has 0 spiro atoms. The van der Waals surface area contributed by atoms with Crippen LogP contribution in [0, 0.1) is 11.3 Å². The van der Waals surface area contributed by atoms with Crippen LogP contribution in [0.15, 0.2) is 24.3 Å². The van der Waals surface area contributed by atoms with Crippen molar-refractivity contribution in [1.82, 2.24) is 0 Å². The second-order valence-electron chi connectivity index (χ2n) is 7.26. The fraction of sp³-hybridized carbons (Fsp3) is 0.667. The van der Waals surface area contributed by atoms with Gasteiger partial charge in [0.1, 0.15) is 0 Å². The highest BCUT2D eigenvalue weighted by Crippen LogP contribution is 2.48. The van der Waals surface area contributed by atoms with Crippen molar-refractivity contribution in [3.05, 3.63) is 35.4 Å². The van der Waals surface area contributed by atoms with E-state index in [9.17, 15) is 0 Å². The lowest BCUT2D eigenvalue weighted by molar-refractivity contribution is 0.0777. The third kappa shape index (κ3) is 2.86. The standard InChI is InChI=1S/C18H29N/c1-5-14-9-8-10-15(13-14)18(19)12-7-6-11-16(18)17(2,3)4/h8-10,13,16H,5-7,11-12,19H2,1-4H3. The molecule has 1 fully saturated rings. The summed E-state index contributed by atoms with van der Waals surface area (Å²) in [6.07, 6.45) is 6.07. The third-order valence-corrected chi connectivity index (χ3v) is 4.87. The second-order valence-corrected chi connectivity index (χ2v) is 7.26. The van der Waals surface area contributed by atoms with Gasteiger partial charge in [0.25, 0.3) is 0 Å². The van der Waals surface area contributed by atoms with Gasteiger partial charge in [-0.3, -0.25) is 0 Å². The number of hydrogen-bond acceptors (Lipinski definition) is 1. The van der Waals surface area contributed by atoms with Crippen molar-refractivity contribution in [2.75, 3.05) is 0 Å². The van der Waals surface area contributed by atoms with Gasteiger partial charge in [0.15, 0.2) is 0 Å². The first kappa shape index (κ1) is 14.6. The van der Waals surface area contributed by atoms with Crippen LogP contribution in [0.3, 0.4) is 0 Å². The van der Waals surface area contributed by atoms with Crippen molar-refractivity contribution in [1.29, 1.82) is 0 Å². The van der Waals surface area contributed by atoms with E-state index in [0.29, 0.717) is 5.92 Å². The van der Waals surface area contributed by atoms with Crippen LogP contribution in [0.25, 0.3) is 0 Å². The summed E-state index contributed by atoms with van der Waals surface area (Å²) < 4.78 is 0. The lowest BCUT2D eigenvalue weighted by Crippen LogP contribution is -2.51. The molecule has 1 saturated carbocycles. The molecule has 0 radical (unpaired) electrons. The first-order chi connectivity index (χ1) is 8.88. The van der Waals surface area contributed by atoms with Gasteiger partial charge in [-0.05, 0) is 41.7 Å². The van der Waals surface area contributed by atoms with E-state index in [1.54, 1.807) is 0 Å². The van der Waals surface area contributed by atoms with E-state index >= 15 is 0 Å². The SMILES string of the molecule is CCc1cccc(C2(N)CCCCC2C(C)(C)C)c1. The smallest absolute Gasteiger partial charge is 0.0443 e. The molecule has 0 bridgehead atoms. The molecular formula is C18H29N. The van der Waals surface area contributed by atoms with Crippen LogP contribution in [0.2, 0.25) is 0 Å². The molecule has 1 heteroatoms. The Morgan fingerprint density at radius 2 is 2.00 bits per heavy atom. The maximum Gasteiger partial charge on any atom is 0.0443 e. The van der Waals surface area contributed by atoms with Crippen LogP contribution in [-0.2, 0) is 12.0 Å². The summed E-state index contributed by atoms with van der Waals surface area (Å²) in [5.74, 6) is 0.570. The topological polar surface area (TPSA) is 26.0 Å². The molecule has 1 aromatic carbocycles. The summed E-state index contributed by atoms with van der Waals surface area (Å²) in [6.45, 7) is 9.24. The highest BCUT2D eigenvalue weighted by molar-refractivity contribution is 5.31. The fourth-order valence-electron chi connectivity index (χ4n) is 3.83. The molecule has 1 aliphatic rings. The van der Waals surface area contributed by atoms with E-state index in [0.717, 1.165) is 12.8 Å². The average molecular weight is 259 g/mol. The van der Waals surface area contributed by atoms with Gasteiger partial charge in [0, 0.05) is 5.54 Å². The molecule has 0 amide bonds. The van der Waals surface area contributed by atoms with Gasteiger partial charge in [-0.15, -0.1) is 0 Å². The summed E-state index contributed by atoms with van der Waals surface area (Å²) in [4.78, 5) is 0.